The van der Waals surface area contributed by atoms with Gasteiger partial charge in [-0.05, 0) is 27.7 Å². The molecule has 0 unspecified atom stereocenters. The minimum Gasteiger partial charge on any atom is -0.427 e. The van der Waals surface area contributed by atoms with Gasteiger partial charge in [0.2, 0.25) is 12.7 Å². The summed E-state index contributed by atoms with van der Waals surface area (Å²) < 4.78 is 12.1. The second kappa shape index (κ2) is 9.08. The molecule has 35 heavy (non-hydrogen) atoms. The highest BCUT2D eigenvalue weighted by molar-refractivity contribution is 7.18. The molecule has 12 heteroatoms. The van der Waals surface area contributed by atoms with Gasteiger partial charge in [-0.25, -0.2) is 9.78 Å². The van der Waals surface area contributed by atoms with Crippen LogP contribution in [-0.4, -0.2) is 69.5 Å². The van der Waals surface area contributed by atoms with E-state index >= 15 is 0 Å². The average Bonchev–Trinajstić information content (AvgIpc) is 3.41. The standard InChI is InChI=1S/C23H28N4O7S/c1-11-15(14-8-26-9-24-13(7-25-32-6)20(26)35-14)18(27-17(11)16(12(2)28)19(27)29)21(30)33-10-34-22(31)23(3,4)5/h7-9,11-12,16-17,28H,10H2,1-6H3/t11-,12+,16+,17+/m0/s1. The third-order valence-electron chi connectivity index (χ3n) is 6.14. The molecular formula is C23H28N4O7S. The predicted octanol–water partition coefficient (Wildman–Crippen LogP) is 2.03. The van der Waals surface area contributed by atoms with Gasteiger partial charge in [-0.2, -0.15) is 0 Å². The van der Waals surface area contributed by atoms with Crippen molar-refractivity contribution in [1.29, 1.82) is 0 Å². The van der Waals surface area contributed by atoms with E-state index < -0.39 is 36.2 Å². The van der Waals surface area contributed by atoms with Crippen molar-refractivity contribution < 1.29 is 33.8 Å². The highest BCUT2D eigenvalue weighted by Gasteiger charge is 2.60. The predicted molar refractivity (Wildman–Crippen MR) is 126 cm³/mol. The molecule has 2 aliphatic heterocycles. The third-order valence-corrected chi connectivity index (χ3v) is 7.30. The maximum atomic E-state index is 13.2. The number of ether oxygens (including phenoxy) is 2. The molecule has 2 aliphatic rings. The number of hydrogen-bond donors (Lipinski definition) is 1. The fourth-order valence-electron chi connectivity index (χ4n) is 4.44. The molecule has 188 valence electrons. The lowest BCUT2D eigenvalue weighted by molar-refractivity contribution is -0.175. The first-order chi connectivity index (χ1) is 16.5. The van der Waals surface area contributed by atoms with Crippen molar-refractivity contribution in [2.24, 2.45) is 22.4 Å². The van der Waals surface area contributed by atoms with Crippen LogP contribution in [0.1, 0.15) is 45.2 Å². The van der Waals surface area contributed by atoms with Crippen LogP contribution in [0, 0.1) is 17.3 Å². The quantitative estimate of drug-likeness (QED) is 0.199. The number of thiazole rings is 1. The second-order valence-electron chi connectivity index (χ2n) is 9.60. The number of rotatable bonds is 7. The Morgan fingerprint density at radius 1 is 1.34 bits per heavy atom. The largest absolute Gasteiger partial charge is 0.427 e. The number of nitrogens with zero attached hydrogens (tertiary/aromatic N) is 4. The number of fused-ring (bicyclic) bond motifs is 2. The number of β-lactam (4-membered cyclic amide) rings is 1. The zero-order chi connectivity index (χ0) is 25.7. The maximum absolute atomic E-state index is 13.2. The molecule has 0 aliphatic carbocycles. The lowest BCUT2D eigenvalue weighted by Gasteiger charge is -2.46. The first-order valence-corrected chi connectivity index (χ1v) is 11.9. The van der Waals surface area contributed by atoms with Gasteiger partial charge in [0.25, 0.3) is 0 Å². The SMILES string of the molecule is CON=Cc1ncn2cc(C3=C(C(=O)OCOC(=O)C(C)(C)C)N4C(=O)[C@H]([C@@H](C)O)[C@H]4[C@H]3C)sc12. The number of aliphatic hydroxyl groups is 1. The van der Waals surface area contributed by atoms with Gasteiger partial charge in [0, 0.05) is 17.7 Å². The van der Waals surface area contributed by atoms with Crippen molar-refractivity contribution in [3.8, 4) is 0 Å². The van der Waals surface area contributed by atoms with Crippen LogP contribution in [0.2, 0.25) is 0 Å². The van der Waals surface area contributed by atoms with Crippen LogP contribution in [0.5, 0.6) is 0 Å². The van der Waals surface area contributed by atoms with Crippen LogP contribution >= 0.6 is 11.3 Å². The number of esters is 2. The molecule has 11 nitrogen and oxygen atoms in total. The van der Waals surface area contributed by atoms with Crippen LogP contribution in [0.25, 0.3) is 10.4 Å². The van der Waals surface area contributed by atoms with E-state index in [1.807, 2.05) is 13.1 Å². The molecule has 4 rings (SSSR count). The lowest BCUT2D eigenvalue weighted by Crippen LogP contribution is -2.63. The monoisotopic (exact) mass is 504 g/mol. The molecule has 1 N–H and O–H groups in total. The van der Waals surface area contributed by atoms with Crippen molar-refractivity contribution in [2.75, 3.05) is 13.9 Å². The van der Waals surface area contributed by atoms with E-state index in [0.717, 1.165) is 9.71 Å². The van der Waals surface area contributed by atoms with Gasteiger partial charge in [-0.15, -0.1) is 11.3 Å². The summed E-state index contributed by atoms with van der Waals surface area (Å²) in [4.78, 5) is 50.1. The number of imidazole rings is 1. The smallest absolute Gasteiger partial charge is 0.358 e. The molecule has 2 aromatic rings. The van der Waals surface area contributed by atoms with E-state index in [0.29, 0.717) is 11.3 Å². The van der Waals surface area contributed by atoms with Gasteiger partial charge < -0.3 is 24.3 Å². The van der Waals surface area contributed by atoms with Crippen molar-refractivity contribution in [3.05, 3.63) is 28.8 Å². The van der Waals surface area contributed by atoms with E-state index in [-0.39, 0.29) is 23.6 Å². The molecule has 1 amide bonds. The van der Waals surface area contributed by atoms with Gasteiger partial charge in [0.15, 0.2) is 0 Å². The van der Waals surface area contributed by atoms with Crippen molar-refractivity contribution in [3.63, 3.8) is 0 Å². The molecule has 2 aromatic heterocycles. The van der Waals surface area contributed by atoms with Gasteiger partial charge in [-0.1, -0.05) is 12.1 Å². The van der Waals surface area contributed by atoms with Crippen LogP contribution in [-0.2, 0) is 28.7 Å². The molecule has 0 bridgehead atoms. The summed E-state index contributed by atoms with van der Waals surface area (Å²) in [5, 5.41) is 14.0. The van der Waals surface area contributed by atoms with Gasteiger partial charge in [0.05, 0.1) is 34.6 Å². The molecule has 0 saturated carbocycles. The van der Waals surface area contributed by atoms with E-state index in [1.54, 1.807) is 38.4 Å². The second-order valence-corrected chi connectivity index (χ2v) is 10.6. The van der Waals surface area contributed by atoms with Gasteiger partial charge in [-0.3, -0.25) is 14.0 Å². The Balaban J connectivity index is 1.70. The number of aromatic nitrogens is 2. The van der Waals surface area contributed by atoms with E-state index in [4.69, 9.17) is 14.3 Å². The molecule has 0 spiro atoms. The Morgan fingerprint density at radius 3 is 2.69 bits per heavy atom. The molecule has 4 heterocycles. The summed E-state index contributed by atoms with van der Waals surface area (Å²) in [5.74, 6) is -2.51. The summed E-state index contributed by atoms with van der Waals surface area (Å²) in [6.07, 6.45) is 4.07. The summed E-state index contributed by atoms with van der Waals surface area (Å²) in [7, 11) is 1.44. The molecular weight excluding hydrogens is 476 g/mol. The Labute approximate surface area is 206 Å². The number of carbonyl (C=O) groups excluding carboxylic acids is 3. The molecule has 1 saturated heterocycles. The summed E-state index contributed by atoms with van der Waals surface area (Å²) in [5.41, 5.74) is 0.565. The first-order valence-electron chi connectivity index (χ1n) is 11.1. The topological polar surface area (TPSA) is 132 Å². The van der Waals surface area contributed by atoms with Gasteiger partial charge >= 0.3 is 11.9 Å². The van der Waals surface area contributed by atoms with E-state index in [1.165, 1.54) is 29.6 Å². The van der Waals surface area contributed by atoms with Crippen molar-refractivity contribution >= 4 is 45.8 Å². The molecule has 0 radical (unpaired) electrons. The minimum absolute atomic E-state index is 0.0979. The van der Waals surface area contributed by atoms with Crippen LogP contribution < -0.4 is 0 Å². The fourth-order valence-corrected chi connectivity index (χ4v) is 5.62. The van der Waals surface area contributed by atoms with E-state index in [9.17, 15) is 19.5 Å². The van der Waals surface area contributed by atoms with Crippen molar-refractivity contribution in [1.82, 2.24) is 14.3 Å². The lowest BCUT2D eigenvalue weighted by atomic mass is 9.77. The van der Waals surface area contributed by atoms with Crippen LogP contribution in [0.15, 0.2) is 23.4 Å². The zero-order valence-corrected chi connectivity index (χ0v) is 21.2. The average molecular weight is 505 g/mol. The fraction of sp³-hybridized carbons (Fsp3) is 0.522. The Kier molecular flexibility index (Phi) is 6.45. The number of amides is 1. The highest BCUT2D eigenvalue weighted by Crippen LogP contribution is 2.51. The molecule has 0 aromatic carbocycles. The summed E-state index contributed by atoms with van der Waals surface area (Å²) in [6.45, 7) is 7.98. The Morgan fingerprint density at radius 2 is 2.06 bits per heavy atom. The van der Waals surface area contributed by atoms with Crippen molar-refractivity contribution in [2.45, 2.75) is 46.8 Å². The number of oxime groups is 1. The van der Waals surface area contributed by atoms with E-state index in [2.05, 4.69) is 10.1 Å². The van der Waals surface area contributed by atoms with Crippen LogP contribution in [0.3, 0.4) is 0 Å². The highest BCUT2D eigenvalue weighted by atomic mass is 32.1. The molecule has 4 atom stereocenters. The first kappa shape index (κ1) is 24.9. The number of hydrogen-bond acceptors (Lipinski definition) is 10. The normalized spacial score (nSPS) is 23.0. The Bertz CT molecular complexity index is 1240. The number of aliphatic hydroxyl groups excluding tert-OH is 1. The minimum atomic E-state index is -0.865. The summed E-state index contributed by atoms with van der Waals surface area (Å²) in [6, 6.07) is -0.383. The summed E-state index contributed by atoms with van der Waals surface area (Å²) >= 11 is 1.38. The Hall–Kier alpha value is -3.25. The van der Waals surface area contributed by atoms with Crippen LogP contribution in [0.4, 0.5) is 0 Å². The third kappa shape index (κ3) is 4.20. The van der Waals surface area contributed by atoms with Gasteiger partial charge in [0.1, 0.15) is 29.7 Å². The zero-order valence-electron chi connectivity index (χ0n) is 20.3. The number of carbonyl (C=O) groups is 3. The molecule has 1 fully saturated rings. The maximum Gasteiger partial charge on any atom is 0.358 e.